The van der Waals surface area contributed by atoms with Crippen molar-refractivity contribution in [3.05, 3.63) is 71.8 Å². The number of likely N-dealkylation sites (tertiary alicyclic amines) is 2. The average Bonchev–Trinajstić information content (AvgIpc) is 3.73. The predicted octanol–water partition coefficient (Wildman–Crippen LogP) is 8.72. The van der Waals surface area contributed by atoms with E-state index in [-0.39, 0.29) is 42.0 Å². The maximum absolute atomic E-state index is 15.3. The van der Waals surface area contributed by atoms with Gasteiger partial charge in [-0.1, -0.05) is 48.5 Å². The van der Waals surface area contributed by atoms with Gasteiger partial charge >= 0.3 is 12.2 Å². The van der Waals surface area contributed by atoms with Crippen LogP contribution in [-0.4, -0.2) is 65.2 Å². The molecule has 4 heterocycles. The molecule has 2 aliphatic carbocycles. The van der Waals surface area contributed by atoms with E-state index in [1.807, 2.05) is 77.6 Å². The van der Waals surface area contributed by atoms with Crippen LogP contribution in [0.5, 0.6) is 0 Å². The minimum atomic E-state index is -0.611. The van der Waals surface area contributed by atoms with Gasteiger partial charge in [0.25, 0.3) is 0 Å². The summed E-state index contributed by atoms with van der Waals surface area (Å²) in [6, 6.07) is 15.8. The lowest BCUT2D eigenvalue weighted by molar-refractivity contribution is 0.0164. The van der Waals surface area contributed by atoms with Crippen LogP contribution >= 0.6 is 0 Å². The Hall–Kier alpha value is -4.67. The summed E-state index contributed by atoms with van der Waals surface area (Å²) in [4.78, 5) is 45.7. The first-order valence-electron chi connectivity index (χ1n) is 17.7. The Kier molecular flexibility index (Phi) is 7.44. The van der Waals surface area contributed by atoms with Gasteiger partial charge in [-0.05, 0) is 97.1 Å². The molecule has 10 nitrogen and oxygen atoms in total. The molecule has 2 N–H and O–H groups in total. The number of ether oxygens (including phenoxy) is 2. The van der Waals surface area contributed by atoms with Crippen molar-refractivity contribution in [1.29, 1.82) is 0 Å². The van der Waals surface area contributed by atoms with Gasteiger partial charge in [-0.15, -0.1) is 0 Å². The number of rotatable bonds is 5. The molecule has 0 unspecified atom stereocenters. The Labute approximate surface area is 291 Å². The zero-order chi connectivity index (χ0) is 35.3. The third-order valence-electron chi connectivity index (χ3n) is 10.3. The van der Waals surface area contributed by atoms with E-state index in [9.17, 15) is 9.59 Å². The molecule has 4 aliphatic rings. The van der Waals surface area contributed by atoms with Gasteiger partial charge in [-0.3, -0.25) is 9.80 Å². The highest BCUT2D eigenvalue weighted by Crippen LogP contribution is 2.54. The zero-order valence-electron chi connectivity index (χ0n) is 29.7. The van der Waals surface area contributed by atoms with Crippen LogP contribution in [0.15, 0.2) is 48.5 Å². The second-order valence-corrected chi connectivity index (χ2v) is 16.4. The number of hydrogen-bond acceptors (Lipinski definition) is 6. The highest BCUT2D eigenvalue weighted by Gasteiger charge is 2.57. The summed E-state index contributed by atoms with van der Waals surface area (Å²) >= 11 is 0. The molecular formula is C39H45FN6O4. The summed E-state index contributed by atoms with van der Waals surface area (Å²) in [7, 11) is 0. The zero-order valence-corrected chi connectivity index (χ0v) is 29.7. The van der Waals surface area contributed by atoms with Crippen molar-refractivity contribution in [1.82, 2.24) is 29.7 Å². The first-order valence-corrected chi connectivity index (χ1v) is 17.7. The van der Waals surface area contributed by atoms with Crippen molar-refractivity contribution in [2.24, 2.45) is 11.8 Å². The van der Waals surface area contributed by atoms with Crippen molar-refractivity contribution in [3.8, 4) is 33.6 Å². The van der Waals surface area contributed by atoms with E-state index in [1.54, 1.807) is 4.90 Å². The second kappa shape index (κ2) is 11.4. The van der Waals surface area contributed by atoms with E-state index in [0.29, 0.717) is 23.2 Å². The van der Waals surface area contributed by atoms with Gasteiger partial charge in [-0.25, -0.2) is 19.6 Å². The molecule has 2 amide bonds. The van der Waals surface area contributed by atoms with Gasteiger partial charge in [0.1, 0.15) is 28.5 Å². The number of H-pyrrole nitrogens is 2. The molecule has 0 bridgehead atoms. The minimum Gasteiger partial charge on any atom is -0.444 e. The number of benzene rings is 2. The Morgan fingerprint density at radius 3 is 1.52 bits per heavy atom. The molecule has 6 atom stereocenters. The molecule has 2 saturated heterocycles. The average molecular weight is 681 g/mol. The van der Waals surface area contributed by atoms with Crippen molar-refractivity contribution in [2.45, 2.75) is 110 Å². The number of carbonyl (C=O) groups excluding carboxylic acids is 2. The Morgan fingerprint density at radius 2 is 1.06 bits per heavy atom. The molecule has 4 aromatic rings. The Bertz CT molecular complexity index is 1810. The molecule has 2 aromatic heterocycles. The summed E-state index contributed by atoms with van der Waals surface area (Å²) in [6.45, 7) is 13.2. The van der Waals surface area contributed by atoms with Gasteiger partial charge in [0, 0.05) is 28.9 Å². The summed E-state index contributed by atoms with van der Waals surface area (Å²) in [5, 5.41) is 0. The molecule has 11 heteroatoms. The van der Waals surface area contributed by atoms with E-state index in [1.165, 1.54) is 0 Å². The van der Waals surface area contributed by atoms with Crippen LogP contribution in [0.2, 0.25) is 0 Å². The highest BCUT2D eigenvalue weighted by molar-refractivity contribution is 5.74. The lowest BCUT2D eigenvalue weighted by atomic mass is 10.0. The first kappa shape index (κ1) is 32.5. The van der Waals surface area contributed by atoms with Gasteiger partial charge in [0.05, 0.1) is 17.8 Å². The second-order valence-electron chi connectivity index (χ2n) is 16.4. The molecule has 2 aliphatic heterocycles. The fourth-order valence-corrected chi connectivity index (χ4v) is 7.84. The van der Waals surface area contributed by atoms with Gasteiger partial charge in [0.15, 0.2) is 0 Å². The Morgan fingerprint density at radius 1 is 0.660 bits per heavy atom. The van der Waals surface area contributed by atoms with E-state index in [0.717, 1.165) is 59.6 Å². The largest absolute Gasteiger partial charge is 0.444 e. The molecule has 0 spiro atoms. The van der Waals surface area contributed by atoms with Crippen LogP contribution < -0.4 is 0 Å². The number of halogens is 1. The standard InChI is InChI=1S/C39H45FN6O4/c1-20-31(42-34(41-20)29-18-25-16-27(25)45(29)36(47)49-38(2,3)4)23-12-8-21(9-13-23)22-10-14-24(15-11-22)32-33(40)44-35(43-32)30-19-26-17-28(26)46(30)37(48)50-39(5,6)7/h8-15,25-30H,16-19H2,1-7H3,(H,41,42)(H,43,44)/t25-,26-,27-,28-,29+,30+/m1/s1. The normalized spacial score (nSPS) is 25.4. The number of nitrogens with one attached hydrogen (secondary N) is 2. The van der Waals surface area contributed by atoms with E-state index < -0.39 is 17.1 Å². The number of amides is 2. The quantitative estimate of drug-likeness (QED) is 0.218. The van der Waals surface area contributed by atoms with Crippen LogP contribution in [0.1, 0.15) is 96.7 Å². The van der Waals surface area contributed by atoms with Crippen LogP contribution in [0.3, 0.4) is 0 Å². The number of fused-ring (bicyclic) bond motifs is 2. The number of carbonyl (C=O) groups is 2. The molecule has 8 rings (SSSR count). The lowest BCUT2D eigenvalue weighted by Gasteiger charge is -2.29. The van der Waals surface area contributed by atoms with Crippen LogP contribution in [0.25, 0.3) is 33.6 Å². The summed E-state index contributed by atoms with van der Waals surface area (Å²) in [5.74, 6) is 1.65. The molecule has 2 aromatic carbocycles. The SMILES string of the molecule is Cc1[nH]c([C@@H]2C[C@H]3C[C@H]3N2C(=O)OC(C)(C)C)nc1-c1ccc(-c2ccc(-c3nc([C@@H]4C[C@H]5C[C@H]5N4C(=O)OC(C)(C)C)[nH]c3F)cc2)cc1. The van der Waals surface area contributed by atoms with Gasteiger partial charge in [-0.2, -0.15) is 4.39 Å². The van der Waals surface area contributed by atoms with Crippen molar-refractivity contribution in [2.75, 3.05) is 0 Å². The van der Waals surface area contributed by atoms with Gasteiger partial charge in [0.2, 0.25) is 5.95 Å². The molecule has 2 saturated carbocycles. The highest BCUT2D eigenvalue weighted by atomic mass is 19.1. The maximum atomic E-state index is 15.3. The Balaban J connectivity index is 0.968. The topological polar surface area (TPSA) is 116 Å². The fourth-order valence-electron chi connectivity index (χ4n) is 7.84. The fraction of sp³-hybridized carbons (Fsp3) is 0.487. The third kappa shape index (κ3) is 6.04. The maximum Gasteiger partial charge on any atom is 0.411 e. The monoisotopic (exact) mass is 680 g/mol. The van der Waals surface area contributed by atoms with Crippen molar-refractivity contribution >= 4 is 12.2 Å². The summed E-state index contributed by atoms with van der Waals surface area (Å²) < 4.78 is 26.7. The summed E-state index contributed by atoms with van der Waals surface area (Å²) in [6.07, 6.45) is 2.96. The molecule has 262 valence electrons. The number of nitrogens with zero attached hydrogens (tertiary/aromatic N) is 4. The number of aromatic nitrogens is 4. The third-order valence-corrected chi connectivity index (χ3v) is 10.3. The van der Waals surface area contributed by atoms with E-state index >= 15 is 4.39 Å². The summed E-state index contributed by atoms with van der Waals surface area (Å²) in [5.41, 5.74) is 4.52. The number of aromatic amines is 2. The predicted molar refractivity (Wildman–Crippen MR) is 186 cm³/mol. The smallest absolute Gasteiger partial charge is 0.411 e. The molecule has 4 fully saturated rings. The molecular weight excluding hydrogens is 635 g/mol. The van der Waals surface area contributed by atoms with Crippen LogP contribution in [0.4, 0.5) is 14.0 Å². The van der Waals surface area contributed by atoms with Crippen LogP contribution in [0, 0.1) is 24.7 Å². The van der Waals surface area contributed by atoms with E-state index in [2.05, 4.69) is 39.2 Å². The first-order chi connectivity index (χ1) is 23.6. The number of aryl methyl sites for hydroxylation is 1. The van der Waals surface area contributed by atoms with Crippen molar-refractivity contribution in [3.63, 3.8) is 0 Å². The molecule has 50 heavy (non-hydrogen) atoms. The van der Waals surface area contributed by atoms with E-state index in [4.69, 9.17) is 14.5 Å². The minimum absolute atomic E-state index is 0.123. The molecule has 0 radical (unpaired) electrons. The number of piperidine rings is 2. The van der Waals surface area contributed by atoms with Gasteiger partial charge < -0.3 is 19.4 Å². The number of hydrogen-bond donors (Lipinski definition) is 2. The number of imidazole rings is 2. The lowest BCUT2D eigenvalue weighted by Crippen LogP contribution is -2.38. The van der Waals surface area contributed by atoms with Crippen molar-refractivity contribution < 1.29 is 23.5 Å². The van der Waals surface area contributed by atoms with Crippen LogP contribution in [-0.2, 0) is 9.47 Å².